The minimum atomic E-state index is -0.143. The topological polar surface area (TPSA) is 40.5 Å². The number of hydrogen-bond acceptors (Lipinski definition) is 3. The van der Waals surface area contributed by atoms with E-state index in [1.165, 1.54) is 100.0 Å². The zero-order valence-electron chi connectivity index (χ0n) is 23.4. The Morgan fingerprint density at radius 3 is 2.35 bits per heavy atom. The van der Waals surface area contributed by atoms with Crippen LogP contribution in [0.5, 0.6) is 0 Å². The Kier molecular flexibility index (Phi) is 15.8. The molecular weight excluding hydrogens is 436 g/mol. The van der Waals surface area contributed by atoms with E-state index < -0.39 is 0 Å². The summed E-state index contributed by atoms with van der Waals surface area (Å²) in [5.74, 6) is 2.67. The van der Waals surface area contributed by atoms with Crippen LogP contribution in [0.3, 0.4) is 0 Å². The molecule has 3 saturated carbocycles. The highest BCUT2D eigenvalue weighted by molar-refractivity contribution is 7.98. The summed E-state index contributed by atoms with van der Waals surface area (Å²) in [5.41, 5.74) is 5.15. The number of fused-ring (bicyclic) bond motifs is 1. The molecule has 0 aromatic heterocycles. The van der Waals surface area contributed by atoms with E-state index in [2.05, 4.69) is 32.6 Å². The van der Waals surface area contributed by atoms with Crippen molar-refractivity contribution in [1.82, 2.24) is 0 Å². The first-order valence-electron chi connectivity index (χ1n) is 14.2. The molecule has 3 heteroatoms. The van der Waals surface area contributed by atoms with Crippen LogP contribution in [0.2, 0.25) is 0 Å². The molecule has 3 fully saturated rings. The Bertz CT molecular complexity index is 633. The lowest BCUT2D eigenvalue weighted by atomic mass is 9.60. The van der Waals surface area contributed by atoms with Crippen LogP contribution in [-0.4, -0.2) is 28.5 Å². The molecule has 5 atom stereocenters. The van der Waals surface area contributed by atoms with Crippen LogP contribution >= 0.6 is 11.8 Å². The highest BCUT2D eigenvalue weighted by atomic mass is 32.2. The zero-order chi connectivity index (χ0) is 25.6. The molecule has 2 nitrogen and oxygen atoms in total. The summed E-state index contributed by atoms with van der Waals surface area (Å²) in [6, 6.07) is 0. The van der Waals surface area contributed by atoms with E-state index in [-0.39, 0.29) is 12.0 Å². The number of aliphatic hydroxyl groups excluding tert-OH is 2. The van der Waals surface area contributed by atoms with Gasteiger partial charge in [-0.2, -0.15) is 0 Å². The molecule has 0 heterocycles. The van der Waals surface area contributed by atoms with Crippen molar-refractivity contribution in [3.63, 3.8) is 0 Å². The fourth-order valence-corrected chi connectivity index (χ4v) is 6.73. The molecule has 3 aliphatic carbocycles. The third-order valence-electron chi connectivity index (χ3n) is 8.51. The van der Waals surface area contributed by atoms with Gasteiger partial charge < -0.3 is 10.2 Å². The third kappa shape index (κ3) is 9.51. The molecule has 0 bridgehead atoms. The third-order valence-corrected chi connectivity index (χ3v) is 8.77. The Balaban J connectivity index is 0.000000872. The number of rotatable bonds is 7. The van der Waals surface area contributed by atoms with Gasteiger partial charge in [0.15, 0.2) is 0 Å². The predicted octanol–water partition coefficient (Wildman–Crippen LogP) is 9.09. The van der Waals surface area contributed by atoms with Crippen LogP contribution in [0, 0.1) is 23.2 Å². The molecule has 0 saturated heterocycles. The SMILES string of the molecule is C=C1CCCCC/C1=C/C=C1\CCC[C@@]2(C)C1CCC2[C@H](C)CCCC(C)O.CC.CSCO. The molecule has 2 N–H and O–H groups in total. The molecule has 198 valence electrons. The van der Waals surface area contributed by atoms with Crippen LogP contribution in [0.25, 0.3) is 0 Å². The quantitative estimate of drug-likeness (QED) is 0.275. The van der Waals surface area contributed by atoms with Gasteiger partial charge in [-0.05, 0) is 106 Å². The van der Waals surface area contributed by atoms with Gasteiger partial charge in [-0.25, -0.2) is 0 Å². The molecule has 0 radical (unpaired) electrons. The maximum atomic E-state index is 9.59. The maximum Gasteiger partial charge on any atom is 0.0883 e. The number of allylic oxidation sites excluding steroid dienone is 5. The van der Waals surface area contributed by atoms with Gasteiger partial charge in [-0.3, -0.25) is 0 Å². The van der Waals surface area contributed by atoms with Gasteiger partial charge in [0.25, 0.3) is 0 Å². The summed E-state index contributed by atoms with van der Waals surface area (Å²) in [6.45, 7) is 15.4. The number of thioether (sulfide) groups is 1. The molecule has 0 aromatic rings. The van der Waals surface area contributed by atoms with Gasteiger partial charge in [0.05, 0.1) is 12.0 Å². The van der Waals surface area contributed by atoms with E-state index in [1.807, 2.05) is 27.0 Å². The first kappa shape index (κ1) is 31.5. The summed E-state index contributed by atoms with van der Waals surface area (Å²) in [7, 11) is 0. The standard InChI is InChI=1S/C27H44O.C2H6OS.C2H6/c1-20-10-6-5-7-13-23(20)15-16-24-14-9-19-27(4)25(17-18-26(24)27)21(2)11-8-12-22(3)28;1-4-2-3;1-2/h15-16,21-22,25-26,28H,1,5-14,17-19H2,2-4H3;3H,2H2,1H3;1-2H3/b23-15-,24-16+;;/t21-,22?,25?,26?,27-;;/m1../s1. The minimum absolute atomic E-state index is 0.143. The van der Waals surface area contributed by atoms with Gasteiger partial charge in [-0.15, -0.1) is 11.8 Å². The first-order chi connectivity index (χ1) is 16.3. The second-order valence-corrected chi connectivity index (χ2v) is 11.7. The van der Waals surface area contributed by atoms with E-state index in [1.54, 1.807) is 5.57 Å². The summed E-state index contributed by atoms with van der Waals surface area (Å²) in [5, 5.41) is 17.4. The molecule has 34 heavy (non-hydrogen) atoms. The second kappa shape index (κ2) is 17.0. The Morgan fingerprint density at radius 2 is 1.71 bits per heavy atom. The lowest BCUT2D eigenvalue weighted by Crippen LogP contribution is -2.36. The lowest BCUT2D eigenvalue weighted by molar-refractivity contribution is 0.0907. The van der Waals surface area contributed by atoms with Gasteiger partial charge in [0.2, 0.25) is 0 Å². The lowest BCUT2D eigenvalue weighted by Gasteiger charge is -2.44. The van der Waals surface area contributed by atoms with E-state index in [9.17, 15) is 5.11 Å². The Labute approximate surface area is 216 Å². The van der Waals surface area contributed by atoms with Crippen LogP contribution in [0.1, 0.15) is 118 Å². The smallest absolute Gasteiger partial charge is 0.0883 e. The number of aliphatic hydroxyl groups is 2. The maximum absolute atomic E-state index is 9.59. The van der Waals surface area contributed by atoms with Crippen molar-refractivity contribution in [3.8, 4) is 0 Å². The second-order valence-electron chi connectivity index (χ2n) is 10.9. The number of hydrogen-bond donors (Lipinski definition) is 2. The fraction of sp³-hybridized carbons (Fsp3) is 0.806. The first-order valence-corrected chi connectivity index (χ1v) is 15.6. The molecular formula is C31H56O2S. The molecule has 3 unspecified atom stereocenters. The zero-order valence-corrected chi connectivity index (χ0v) is 24.2. The van der Waals surface area contributed by atoms with Crippen molar-refractivity contribution < 1.29 is 10.2 Å². The predicted molar refractivity (Wildman–Crippen MR) is 153 cm³/mol. The fourth-order valence-electron chi connectivity index (χ4n) is 6.73. The van der Waals surface area contributed by atoms with Gasteiger partial charge in [0, 0.05) is 0 Å². The molecule has 3 aliphatic rings. The summed E-state index contributed by atoms with van der Waals surface area (Å²) >= 11 is 1.41. The summed E-state index contributed by atoms with van der Waals surface area (Å²) < 4.78 is 0. The van der Waals surface area contributed by atoms with Gasteiger partial charge in [-0.1, -0.05) is 76.8 Å². The highest BCUT2D eigenvalue weighted by Crippen LogP contribution is 2.59. The van der Waals surface area contributed by atoms with E-state index in [4.69, 9.17) is 5.11 Å². The van der Waals surface area contributed by atoms with Crippen LogP contribution in [0.4, 0.5) is 0 Å². The van der Waals surface area contributed by atoms with E-state index in [0.717, 1.165) is 24.2 Å². The molecule has 0 spiro atoms. The average molecular weight is 493 g/mol. The summed E-state index contributed by atoms with van der Waals surface area (Å²) in [4.78, 5) is 0. The summed E-state index contributed by atoms with van der Waals surface area (Å²) in [6.07, 6.45) is 23.4. The van der Waals surface area contributed by atoms with Crippen molar-refractivity contribution in [1.29, 1.82) is 0 Å². The Hall–Kier alpha value is -0.510. The molecule has 3 rings (SSSR count). The Morgan fingerprint density at radius 1 is 1.03 bits per heavy atom. The van der Waals surface area contributed by atoms with Crippen molar-refractivity contribution >= 4 is 11.8 Å². The molecule has 0 aliphatic heterocycles. The van der Waals surface area contributed by atoms with Crippen LogP contribution in [-0.2, 0) is 0 Å². The minimum Gasteiger partial charge on any atom is -0.393 e. The van der Waals surface area contributed by atoms with Gasteiger partial charge in [0.1, 0.15) is 0 Å². The largest absolute Gasteiger partial charge is 0.393 e. The average Bonchev–Trinajstić information content (AvgIpc) is 3.06. The van der Waals surface area contributed by atoms with Crippen LogP contribution < -0.4 is 0 Å². The molecule has 0 aromatic carbocycles. The van der Waals surface area contributed by atoms with E-state index in [0.29, 0.717) is 5.41 Å². The van der Waals surface area contributed by atoms with Crippen molar-refractivity contribution in [3.05, 3.63) is 35.5 Å². The van der Waals surface area contributed by atoms with Gasteiger partial charge >= 0.3 is 0 Å². The van der Waals surface area contributed by atoms with Crippen LogP contribution in [0.15, 0.2) is 35.5 Å². The van der Waals surface area contributed by atoms with Crippen molar-refractivity contribution in [2.75, 3.05) is 12.2 Å². The van der Waals surface area contributed by atoms with Crippen molar-refractivity contribution in [2.24, 2.45) is 23.2 Å². The molecule has 0 amide bonds. The monoisotopic (exact) mass is 492 g/mol. The highest BCUT2D eigenvalue weighted by Gasteiger charge is 2.50. The van der Waals surface area contributed by atoms with Crippen molar-refractivity contribution in [2.45, 2.75) is 124 Å². The normalized spacial score (nSPS) is 31.0. The van der Waals surface area contributed by atoms with E-state index >= 15 is 0 Å².